The van der Waals surface area contributed by atoms with Crippen LogP contribution < -0.4 is 20.9 Å². The van der Waals surface area contributed by atoms with Crippen LogP contribution in [0.5, 0.6) is 11.5 Å². The van der Waals surface area contributed by atoms with Crippen molar-refractivity contribution < 1.29 is 23.8 Å². The molecule has 29 heavy (non-hydrogen) atoms. The summed E-state index contributed by atoms with van der Waals surface area (Å²) in [6, 6.07) is 8.44. The first-order valence-corrected chi connectivity index (χ1v) is 8.54. The van der Waals surface area contributed by atoms with E-state index in [0.29, 0.717) is 34.8 Å². The maximum atomic E-state index is 11.9. The van der Waals surface area contributed by atoms with Crippen molar-refractivity contribution in [3.63, 3.8) is 0 Å². The number of carboxylic acid groups (broad SMARTS) is 1. The van der Waals surface area contributed by atoms with Gasteiger partial charge in [0.2, 0.25) is 5.95 Å². The third-order valence-corrected chi connectivity index (χ3v) is 4.17. The summed E-state index contributed by atoms with van der Waals surface area (Å²) in [7, 11) is 2.99. The highest BCUT2D eigenvalue weighted by Gasteiger charge is 2.18. The van der Waals surface area contributed by atoms with Crippen LogP contribution in [0, 0.1) is 0 Å². The van der Waals surface area contributed by atoms with Crippen molar-refractivity contribution in [2.75, 3.05) is 25.7 Å². The van der Waals surface area contributed by atoms with Gasteiger partial charge in [0.15, 0.2) is 11.5 Å². The maximum Gasteiger partial charge on any atom is 0.339 e. The summed E-state index contributed by atoms with van der Waals surface area (Å²) in [6.07, 6.45) is 3.27. The van der Waals surface area contributed by atoms with E-state index in [1.165, 1.54) is 26.5 Å². The second-order valence-electron chi connectivity index (χ2n) is 6.03. The fraction of sp³-hybridized carbons (Fsp3) is 0.150. The van der Waals surface area contributed by atoms with Crippen LogP contribution in [0.25, 0.3) is 11.6 Å². The smallest absolute Gasteiger partial charge is 0.339 e. The quantitative estimate of drug-likeness (QED) is 0.512. The van der Waals surface area contributed by atoms with Gasteiger partial charge in [-0.15, -0.1) is 0 Å². The van der Waals surface area contributed by atoms with Gasteiger partial charge in [-0.2, -0.15) is 4.98 Å². The van der Waals surface area contributed by atoms with E-state index < -0.39 is 5.97 Å². The summed E-state index contributed by atoms with van der Waals surface area (Å²) < 4.78 is 16.4. The molecule has 0 aliphatic heterocycles. The van der Waals surface area contributed by atoms with E-state index in [1.807, 2.05) is 0 Å². The molecule has 0 bridgehead atoms. The summed E-state index contributed by atoms with van der Waals surface area (Å²) in [6.45, 7) is 0. The number of methoxy groups -OCH3 is 2. The third kappa shape index (κ3) is 4.29. The van der Waals surface area contributed by atoms with E-state index in [-0.39, 0.29) is 23.1 Å². The lowest BCUT2D eigenvalue weighted by Gasteiger charge is -2.10. The van der Waals surface area contributed by atoms with Gasteiger partial charge in [-0.25, -0.2) is 9.78 Å². The van der Waals surface area contributed by atoms with Crippen molar-refractivity contribution in [3.05, 3.63) is 59.2 Å². The maximum absolute atomic E-state index is 11.9. The van der Waals surface area contributed by atoms with Gasteiger partial charge in [0.05, 0.1) is 14.2 Å². The van der Waals surface area contributed by atoms with Gasteiger partial charge >= 0.3 is 5.97 Å². The molecule has 1 aromatic carbocycles. The van der Waals surface area contributed by atoms with E-state index in [0.717, 1.165) is 0 Å². The summed E-state index contributed by atoms with van der Waals surface area (Å²) in [5.74, 6) is 0.779. The number of carbonyl (C=O) groups is 1. The zero-order valence-electron chi connectivity index (χ0n) is 15.9. The molecule has 0 aliphatic carbocycles. The molecule has 150 valence electrons. The van der Waals surface area contributed by atoms with Crippen molar-refractivity contribution >= 4 is 29.4 Å². The van der Waals surface area contributed by atoms with Crippen molar-refractivity contribution in [1.29, 1.82) is 0 Å². The number of furan rings is 1. The zero-order chi connectivity index (χ0) is 21.0. The molecule has 0 saturated heterocycles. The molecule has 3 rings (SSSR count). The Morgan fingerprint density at radius 2 is 2.00 bits per heavy atom. The molecule has 0 spiro atoms. The molecule has 0 radical (unpaired) electrons. The molecular weight excluding hydrogens is 376 g/mol. The van der Waals surface area contributed by atoms with E-state index in [1.54, 1.807) is 30.3 Å². The first-order valence-electron chi connectivity index (χ1n) is 8.54. The molecule has 9 nitrogen and oxygen atoms in total. The number of benzene rings is 1. The molecular formula is C20H20N4O5. The Labute approximate surface area is 166 Å². The van der Waals surface area contributed by atoms with Crippen molar-refractivity contribution in [3.8, 4) is 11.5 Å². The Morgan fingerprint density at radius 1 is 1.21 bits per heavy atom. The van der Waals surface area contributed by atoms with Crippen LogP contribution in [-0.4, -0.2) is 35.3 Å². The van der Waals surface area contributed by atoms with E-state index >= 15 is 0 Å². The molecule has 0 fully saturated rings. The molecule has 0 amide bonds. The largest absolute Gasteiger partial charge is 0.493 e. The molecule has 0 saturated carbocycles. The Morgan fingerprint density at radius 3 is 2.66 bits per heavy atom. The van der Waals surface area contributed by atoms with Gasteiger partial charge in [0.25, 0.3) is 0 Å². The van der Waals surface area contributed by atoms with Crippen LogP contribution in [0.2, 0.25) is 0 Å². The summed E-state index contributed by atoms with van der Waals surface area (Å²) >= 11 is 0. The summed E-state index contributed by atoms with van der Waals surface area (Å²) in [4.78, 5) is 19.7. The van der Waals surface area contributed by atoms with Gasteiger partial charge in [-0.1, -0.05) is 12.1 Å². The molecule has 2 aromatic heterocycles. The van der Waals surface area contributed by atoms with Crippen molar-refractivity contribution in [2.24, 2.45) is 0 Å². The lowest BCUT2D eigenvalue weighted by atomic mass is 10.1. The minimum atomic E-state index is -1.15. The fourth-order valence-electron chi connectivity index (χ4n) is 2.80. The van der Waals surface area contributed by atoms with Gasteiger partial charge in [-0.05, 0) is 24.3 Å². The Kier molecular flexibility index (Phi) is 5.68. The Bertz CT molecular complexity index is 1070. The topological polar surface area (TPSA) is 147 Å². The second kappa shape index (κ2) is 8.34. The number of aliphatic carboxylic acids is 1. The molecule has 3 aromatic rings. The van der Waals surface area contributed by atoms with Crippen LogP contribution in [0.4, 0.5) is 11.8 Å². The molecule has 2 heterocycles. The van der Waals surface area contributed by atoms with Crippen LogP contribution in [0.15, 0.2) is 40.9 Å². The number of ether oxygens (including phenoxy) is 2. The highest BCUT2D eigenvalue weighted by Crippen LogP contribution is 2.34. The molecule has 5 N–H and O–H groups in total. The second-order valence-corrected chi connectivity index (χ2v) is 6.03. The van der Waals surface area contributed by atoms with E-state index in [4.69, 9.17) is 25.4 Å². The number of para-hydroxylation sites is 1. The first kappa shape index (κ1) is 19.7. The lowest BCUT2D eigenvalue weighted by Crippen LogP contribution is -2.03. The predicted molar refractivity (Wildman–Crippen MR) is 107 cm³/mol. The fourth-order valence-corrected chi connectivity index (χ4v) is 2.80. The summed E-state index contributed by atoms with van der Waals surface area (Å²) in [5.41, 5.74) is 12.5. The predicted octanol–water partition coefficient (Wildman–Crippen LogP) is 2.47. The van der Waals surface area contributed by atoms with Crippen LogP contribution in [-0.2, 0) is 11.2 Å². The van der Waals surface area contributed by atoms with E-state index in [2.05, 4.69) is 9.97 Å². The average Bonchev–Trinajstić information content (AvgIpc) is 3.15. The zero-order valence-corrected chi connectivity index (χ0v) is 15.9. The van der Waals surface area contributed by atoms with Crippen LogP contribution in [0.1, 0.15) is 22.6 Å². The highest BCUT2D eigenvalue weighted by molar-refractivity contribution is 6.20. The number of rotatable bonds is 7. The third-order valence-electron chi connectivity index (χ3n) is 4.17. The lowest BCUT2D eigenvalue weighted by molar-refractivity contribution is -0.130. The summed E-state index contributed by atoms with van der Waals surface area (Å²) in [5, 5.41) is 9.70. The number of hydrogen-bond acceptors (Lipinski definition) is 8. The molecule has 9 heteroatoms. The molecule has 0 aliphatic rings. The van der Waals surface area contributed by atoms with E-state index in [9.17, 15) is 9.90 Å². The molecule has 0 atom stereocenters. The van der Waals surface area contributed by atoms with Crippen LogP contribution in [0.3, 0.4) is 0 Å². The SMILES string of the molecule is COc1cccc(C=C(C(=O)O)c2ccc(Cc3cnc(N)nc3N)o2)c1OC. The Hall–Kier alpha value is -4.01. The number of carboxylic acids is 1. The first-order chi connectivity index (χ1) is 13.9. The number of nitrogens with zero attached hydrogens (tertiary/aromatic N) is 2. The standard InChI is InChI=1S/C20H20N4O5/c1-27-16-5-3-4-11(17(16)28-2)9-14(19(25)26)15-7-6-13(29-15)8-12-10-23-20(22)24-18(12)21/h3-7,9-10H,8H2,1-2H3,(H,25,26)(H4,21,22,23,24). The van der Waals surface area contributed by atoms with Gasteiger partial charge < -0.3 is 30.5 Å². The Balaban J connectivity index is 1.95. The van der Waals surface area contributed by atoms with Gasteiger partial charge in [0, 0.05) is 23.7 Å². The van der Waals surface area contributed by atoms with Gasteiger partial charge in [0.1, 0.15) is 22.9 Å². The number of aromatic nitrogens is 2. The van der Waals surface area contributed by atoms with Crippen LogP contribution >= 0.6 is 0 Å². The molecule has 0 unspecified atom stereocenters. The number of nitrogens with two attached hydrogens (primary N) is 2. The van der Waals surface area contributed by atoms with Crippen molar-refractivity contribution in [2.45, 2.75) is 6.42 Å². The van der Waals surface area contributed by atoms with Crippen molar-refractivity contribution in [1.82, 2.24) is 9.97 Å². The monoisotopic (exact) mass is 396 g/mol. The minimum absolute atomic E-state index is 0.0377. The van der Waals surface area contributed by atoms with Gasteiger partial charge in [-0.3, -0.25) is 0 Å². The number of nitrogen functional groups attached to an aromatic ring is 2. The average molecular weight is 396 g/mol. The highest BCUT2D eigenvalue weighted by atomic mass is 16.5. The number of anilines is 2. The number of hydrogen-bond donors (Lipinski definition) is 3. The minimum Gasteiger partial charge on any atom is -0.493 e. The normalized spacial score (nSPS) is 11.3.